The molecular formula is C30H43N3O3S. The van der Waals surface area contributed by atoms with Gasteiger partial charge < -0.3 is 15.0 Å². The van der Waals surface area contributed by atoms with Crippen molar-refractivity contribution in [2.45, 2.75) is 78.4 Å². The lowest BCUT2D eigenvalue weighted by molar-refractivity contribution is -0.148. The molecule has 0 saturated heterocycles. The molecule has 1 amide bonds. The summed E-state index contributed by atoms with van der Waals surface area (Å²) in [6.45, 7) is 8.92. The van der Waals surface area contributed by atoms with Gasteiger partial charge >= 0.3 is 5.97 Å². The number of likely N-dealkylation sites (N-methyl/N-ethyl adjacent to an activating group) is 1. The summed E-state index contributed by atoms with van der Waals surface area (Å²) in [6.07, 6.45) is 17.7. The Kier molecular flexibility index (Phi) is 13.3. The first-order valence-electron chi connectivity index (χ1n) is 13.1. The number of aromatic nitrogens is 1. The van der Waals surface area contributed by atoms with Crippen molar-refractivity contribution in [1.29, 1.82) is 0 Å². The number of aryl methyl sites for hydroxylation is 1. The first-order chi connectivity index (χ1) is 17.6. The van der Waals surface area contributed by atoms with E-state index in [1.165, 1.54) is 5.57 Å². The normalized spacial score (nSPS) is 24.0. The van der Waals surface area contributed by atoms with Crippen LogP contribution in [0, 0.1) is 0 Å². The third-order valence-electron chi connectivity index (χ3n) is 5.81. The number of nitrogens with one attached hydrogen (secondary N) is 1. The van der Waals surface area contributed by atoms with Crippen molar-refractivity contribution in [3.63, 3.8) is 0 Å². The van der Waals surface area contributed by atoms with Gasteiger partial charge in [0, 0.05) is 37.3 Å². The molecule has 6 nitrogen and oxygen atoms in total. The van der Waals surface area contributed by atoms with E-state index in [4.69, 9.17) is 9.72 Å². The molecule has 0 aromatic carbocycles. The van der Waals surface area contributed by atoms with Gasteiger partial charge in [-0.15, -0.1) is 11.3 Å². The summed E-state index contributed by atoms with van der Waals surface area (Å²) >= 11 is 1.62. The van der Waals surface area contributed by atoms with E-state index in [-0.39, 0.29) is 24.0 Å². The standard InChI is InChI=1S/C30H43N3O3S/c1-22(16-17-33(5)6)14-15-24(3)19-27-20-29-32-26(21-37-29)11-7-8-13-30(35)36-25(4)18-23(2)10-9-12-28(34)31-27/h9-10,12,14-16,19,21,25,27H,7-8,11,13,17-18,20H2,1-6H3,(H,31,34)/b12-9-,15-14+,22-16+,23-10+,24-19+. The third kappa shape index (κ3) is 13.4. The van der Waals surface area contributed by atoms with Gasteiger partial charge in [0.25, 0.3) is 0 Å². The van der Waals surface area contributed by atoms with Crippen LogP contribution < -0.4 is 5.32 Å². The van der Waals surface area contributed by atoms with Crippen LogP contribution in [0.4, 0.5) is 0 Å². The van der Waals surface area contributed by atoms with E-state index in [1.54, 1.807) is 23.5 Å². The molecule has 1 aliphatic rings. The van der Waals surface area contributed by atoms with Crippen molar-refractivity contribution in [2.24, 2.45) is 0 Å². The smallest absolute Gasteiger partial charge is 0.306 e. The molecule has 202 valence electrons. The number of carbonyl (C=O) groups is 2. The highest BCUT2D eigenvalue weighted by molar-refractivity contribution is 7.09. The summed E-state index contributed by atoms with van der Waals surface area (Å²) in [7, 11) is 4.10. The highest BCUT2D eigenvalue weighted by atomic mass is 32.1. The molecule has 1 aromatic rings. The van der Waals surface area contributed by atoms with E-state index in [0.717, 1.165) is 47.7 Å². The Bertz CT molecular complexity index is 1050. The number of fused-ring (bicyclic) bond motifs is 2. The highest BCUT2D eigenvalue weighted by Crippen LogP contribution is 2.17. The summed E-state index contributed by atoms with van der Waals surface area (Å²) in [5.74, 6) is -0.312. The lowest BCUT2D eigenvalue weighted by Gasteiger charge is -2.14. The topological polar surface area (TPSA) is 71.5 Å². The van der Waals surface area contributed by atoms with Gasteiger partial charge in [-0.05, 0) is 61.1 Å². The van der Waals surface area contributed by atoms with E-state index in [0.29, 0.717) is 19.3 Å². The van der Waals surface area contributed by atoms with Crippen LogP contribution in [0.1, 0.15) is 64.1 Å². The Hall–Kier alpha value is -2.77. The molecule has 0 spiro atoms. The van der Waals surface area contributed by atoms with E-state index < -0.39 is 0 Å². The Labute approximate surface area is 226 Å². The molecule has 0 saturated carbocycles. The predicted octanol–water partition coefficient (Wildman–Crippen LogP) is 5.73. The molecule has 2 rings (SSSR count). The molecule has 0 aliphatic carbocycles. The number of carbonyl (C=O) groups excluding carboxylic acids is 2. The number of amides is 1. The van der Waals surface area contributed by atoms with Gasteiger partial charge in [0.2, 0.25) is 5.91 Å². The second kappa shape index (κ2) is 16.2. The maximum Gasteiger partial charge on any atom is 0.306 e. The molecule has 2 unspecified atom stereocenters. The van der Waals surface area contributed by atoms with E-state index in [2.05, 4.69) is 53.7 Å². The van der Waals surface area contributed by atoms with Crippen LogP contribution in [0.3, 0.4) is 0 Å². The van der Waals surface area contributed by atoms with Gasteiger partial charge in [-0.2, -0.15) is 0 Å². The Morgan fingerprint density at radius 1 is 1.16 bits per heavy atom. The van der Waals surface area contributed by atoms with Gasteiger partial charge in [-0.1, -0.05) is 53.2 Å². The summed E-state index contributed by atoms with van der Waals surface area (Å²) in [4.78, 5) is 31.8. The molecule has 37 heavy (non-hydrogen) atoms. The second-order valence-corrected chi connectivity index (χ2v) is 11.0. The Morgan fingerprint density at radius 3 is 2.65 bits per heavy atom. The number of ether oxygens (including phenoxy) is 1. The maximum atomic E-state index is 12.7. The maximum absolute atomic E-state index is 12.7. The van der Waals surface area contributed by atoms with Gasteiger partial charge in [-0.25, -0.2) is 4.98 Å². The highest BCUT2D eigenvalue weighted by Gasteiger charge is 2.14. The number of esters is 1. The third-order valence-corrected chi connectivity index (χ3v) is 6.73. The average Bonchev–Trinajstić information content (AvgIpc) is 3.25. The van der Waals surface area contributed by atoms with Gasteiger partial charge in [-0.3, -0.25) is 9.59 Å². The van der Waals surface area contributed by atoms with Crippen LogP contribution >= 0.6 is 11.3 Å². The van der Waals surface area contributed by atoms with Crippen molar-refractivity contribution < 1.29 is 14.3 Å². The zero-order valence-corrected chi connectivity index (χ0v) is 24.1. The molecule has 2 bridgehead atoms. The first kappa shape index (κ1) is 30.5. The van der Waals surface area contributed by atoms with Crippen molar-refractivity contribution in [3.8, 4) is 0 Å². The minimum absolute atomic E-state index is 0.154. The largest absolute Gasteiger partial charge is 0.462 e. The summed E-state index contributed by atoms with van der Waals surface area (Å²) < 4.78 is 5.53. The molecule has 2 heterocycles. The fraction of sp³-hybridized carbons (Fsp3) is 0.500. The predicted molar refractivity (Wildman–Crippen MR) is 154 cm³/mol. The van der Waals surface area contributed by atoms with E-state index in [1.807, 2.05) is 34.0 Å². The summed E-state index contributed by atoms with van der Waals surface area (Å²) in [6, 6.07) is -0.176. The molecule has 0 fully saturated rings. The molecule has 2 atom stereocenters. The summed E-state index contributed by atoms with van der Waals surface area (Å²) in [5.41, 5.74) is 4.36. The number of hydrogen-bond donors (Lipinski definition) is 1. The number of rotatable bonds is 5. The van der Waals surface area contributed by atoms with Gasteiger partial charge in [0.1, 0.15) is 6.10 Å². The van der Waals surface area contributed by atoms with Crippen LogP contribution in [0.5, 0.6) is 0 Å². The Balaban J connectivity index is 2.21. The quantitative estimate of drug-likeness (QED) is 0.393. The van der Waals surface area contributed by atoms with Crippen molar-refractivity contribution >= 4 is 23.2 Å². The molecule has 1 aromatic heterocycles. The van der Waals surface area contributed by atoms with Crippen molar-refractivity contribution in [2.75, 3.05) is 20.6 Å². The van der Waals surface area contributed by atoms with Gasteiger partial charge in [0.05, 0.1) is 16.7 Å². The number of thiazole rings is 1. The molecule has 1 aliphatic heterocycles. The van der Waals surface area contributed by atoms with Gasteiger partial charge in [0.15, 0.2) is 0 Å². The minimum Gasteiger partial charge on any atom is -0.462 e. The zero-order valence-electron chi connectivity index (χ0n) is 23.3. The van der Waals surface area contributed by atoms with Crippen LogP contribution in [-0.2, 0) is 27.2 Å². The van der Waals surface area contributed by atoms with Crippen molar-refractivity contribution in [3.05, 3.63) is 75.3 Å². The molecule has 7 heteroatoms. The molecule has 1 N–H and O–H groups in total. The number of cyclic esters (lactones) is 1. The van der Waals surface area contributed by atoms with Crippen LogP contribution in [0.15, 0.2) is 64.6 Å². The minimum atomic E-state index is -0.193. The SMILES string of the molecule is CC(/C=C/C(C)=C/C1Cc2nc(cs2)CCCCC(=O)OC(C)C/C(C)=C/C=C\C(=O)N1)=C\CN(C)C. The van der Waals surface area contributed by atoms with E-state index >= 15 is 0 Å². The van der Waals surface area contributed by atoms with Crippen LogP contribution in [0.25, 0.3) is 0 Å². The van der Waals surface area contributed by atoms with Crippen molar-refractivity contribution in [1.82, 2.24) is 15.2 Å². The van der Waals surface area contributed by atoms with Crippen LogP contribution in [0.2, 0.25) is 0 Å². The molecular weight excluding hydrogens is 482 g/mol. The average molecular weight is 526 g/mol. The van der Waals surface area contributed by atoms with E-state index in [9.17, 15) is 9.59 Å². The summed E-state index contributed by atoms with van der Waals surface area (Å²) in [5, 5.41) is 6.20. The lowest BCUT2D eigenvalue weighted by Crippen LogP contribution is -2.34. The monoisotopic (exact) mass is 525 g/mol. The zero-order chi connectivity index (χ0) is 27.2. The fourth-order valence-electron chi connectivity index (χ4n) is 3.88. The Morgan fingerprint density at radius 2 is 1.89 bits per heavy atom. The fourth-order valence-corrected chi connectivity index (χ4v) is 4.77. The number of allylic oxidation sites excluding steroid dienone is 6. The van der Waals surface area contributed by atoms with Crippen LogP contribution in [-0.4, -0.2) is 54.5 Å². The number of hydrogen-bond acceptors (Lipinski definition) is 6. The number of nitrogens with zero attached hydrogens (tertiary/aromatic N) is 2. The first-order valence-corrected chi connectivity index (χ1v) is 13.9. The molecule has 0 radical (unpaired) electrons. The second-order valence-electron chi connectivity index (χ2n) is 10.1. The lowest BCUT2D eigenvalue weighted by atomic mass is 10.1.